The fourth-order valence-electron chi connectivity index (χ4n) is 6.08. The van der Waals surface area contributed by atoms with E-state index < -0.39 is 11.9 Å². The van der Waals surface area contributed by atoms with Gasteiger partial charge in [-0.15, -0.1) is 0 Å². The van der Waals surface area contributed by atoms with E-state index in [-0.39, 0.29) is 24.1 Å². The highest BCUT2D eigenvalue weighted by Gasteiger charge is 2.35. The van der Waals surface area contributed by atoms with E-state index in [0.29, 0.717) is 31.0 Å². The number of aryl methyl sites for hydroxylation is 1. The van der Waals surface area contributed by atoms with Gasteiger partial charge in [0, 0.05) is 45.1 Å². The maximum absolute atomic E-state index is 13.2. The Labute approximate surface area is 205 Å². The second kappa shape index (κ2) is 9.87. The van der Waals surface area contributed by atoms with Gasteiger partial charge in [-0.1, -0.05) is 12.1 Å². The van der Waals surface area contributed by atoms with Crippen LogP contribution in [0.25, 0.3) is 11.0 Å². The zero-order valence-corrected chi connectivity index (χ0v) is 20.7. The number of rotatable bonds is 7. The summed E-state index contributed by atoms with van der Waals surface area (Å²) < 4.78 is 9.16. The molecule has 3 aliphatic rings. The summed E-state index contributed by atoms with van der Waals surface area (Å²) in [7, 11) is 1.78. The number of aromatic nitrogens is 2. The number of para-hydroxylation sites is 1. The number of likely N-dealkylation sites (tertiary alicyclic amines) is 1. The molecule has 1 aromatic heterocycles. The third kappa shape index (κ3) is 4.81. The molecule has 0 bridgehead atoms. The van der Waals surface area contributed by atoms with Crippen LogP contribution in [0.3, 0.4) is 0 Å². The van der Waals surface area contributed by atoms with E-state index in [1.165, 1.54) is 12.8 Å². The number of nitrogens with two attached hydrogens (primary N) is 1. The Morgan fingerprint density at radius 3 is 2.54 bits per heavy atom. The molecule has 2 amide bonds. The summed E-state index contributed by atoms with van der Waals surface area (Å²) >= 11 is 0. The lowest BCUT2D eigenvalue weighted by molar-refractivity contribution is -0.135. The van der Waals surface area contributed by atoms with Crippen LogP contribution in [0.15, 0.2) is 23.0 Å². The molecule has 1 saturated carbocycles. The molecule has 3 N–H and O–H groups in total. The van der Waals surface area contributed by atoms with Crippen molar-refractivity contribution in [2.75, 3.05) is 26.2 Å². The van der Waals surface area contributed by atoms with Crippen molar-refractivity contribution in [2.45, 2.75) is 69.6 Å². The lowest BCUT2D eigenvalue weighted by Crippen LogP contribution is -2.47. The molecule has 1 aliphatic carbocycles. The van der Waals surface area contributed by atoms with Gasteiger partial charge in [0.2, 0.25) is 11.8 Å². The highest BCUT2D eigenvalue weighted by molar-refractivity contribution is 6.00. The molecule has 2 atom stereocenters. The minimum absolute atomic E-state index is 0.0932. The van der Waals surface area contributed by atoms with E-state index in [4.69, 9.17) is 10.5 Å². The van der Waals surface area contributed by atoms with Gasteiger partial charge in [-0.25, -0.2) is 4.79 Å². The Kier molecular flexibility index (Phi) is 6.83. The first-order valence-electron chi connectivity index (χ1n) is 12.9. The lowest BCUT2D eigenvalue weighted by atomic mass is 9.84. The van der Waals surface area contributed by atoms with Gasteiger partial charge in [0.1, 0.15) is 6.04 Å². The minimum atomic E-state index is -0.649. The molecule has 9 nitrogen and oxygen atoms in total. The van der Waals surface area contributed by atoms with Crippen LogP contribution in [0, 0.1) is 5.92 Å². The average molecular weight is 484 g/mol. The Morgan fingerprint density at radius 2 is 1.86 bits per heavy atom. The van der Waals surface area contributed by atoms with Gasteiger partial charge >= 0.3 is 5.69 Å². The molecule has 5 rings (SSSR count). The number of imidazole rings is 1. The predicted molar refractivity (Wildman–Crippen MR) is 133 cm³/mol. The molecule has 9 heteroatoms. The van der Waals surface area contributed by atoms with Crippen LogP contribution >= 0.6 is 0 Å². The van der Waals surface area contributed by atoms with E-state index >= 15 is 0 Å². The third-order valence-corrected chi connectivity index (χ3v) is 7.96. The Morgan fingerprint density at radius 1 is 1.11 bits per heavy atom. The largest absolute Gasteiger partial charge is 0.377 e. The van der Waals surface area contributed by atoms with Crippen LogP contribution < -0.4 is 16.7 Å². The summed E-state index contributed by atoms with van der Waals surface area (Å²) in [4.78, 5) is 39.8. The van der Waals surface area contributed by atoms with Crippen molar-refractivity contribution in [3.05, 3.63) is 34.2 Å². The fraction of sp³-hybridized carbons (Fsp3) is 0.654. The highest BCUT2D eigenvalue weighted by Crippen LogP contribution is 2.35. The lowest BCUT2D eigenvalue weighted by Gasteiger charge is -2.43. The first-order chi connectivity index (χ1) is 16.8. The number of nitrogens with zero attached hydrogens (tertiary/aromatic N) is 3. The van der Waals surface area contributed by atoms with Gasteiger partial charge < -0.3 is 15.4 Å². The van der Waals surface area contributed by atoms with Crippen LogP contribution in [0.1, 0.15) is 63.0 Å². The van der Waals surface area contributed by atoms with E-state index in [2.05, 4.69) is 16.3 Å². The zero-order valence-electron chi connectivity index (χ0n) is 20.7. The molecule has 3 fully saturated rings. The minimum Gasteiger partial charge on any atom is -0.377 e. The van der Waals surface area contributed by atoms with Crippen LogP contribution in [0.4, 0.5) is 0 Å². The molecule has 0 spiro atoms. The number of amides is 2. The molecule has 1 aromatic carbocycles. The molecule has 3 heterocycles. The Bertz CT molecular complexity index is 1150. The topological polar surface area (TPSA) is 112 Å². The average Bonchev–Trinajstić information content (AvgIpc) is 3.06. The molecule has 2 aliphatic heterocycles. The van der Waals surface area contributed by atoms with Gasteiger partial charge in [-0.3, -0.25) is 24.0 Å². The van der Waals surface area contributed by atoms with E-state index in [1.54, 1.807) is 16.2 Å². The Hall–Kier alpha value is -2.49. The Balaban J connectivity index is 1.24. The molecule has 2 saturated heterocycles. The molecular formula is C26H37N5O4. The van der Waals surface area contributed by atoms with E-state index in [0.717, 1.165) is 49.1 Å². The number of ether oxygens (including phenoxy) is 1. The number of carbonyl (C=O) groups excluding carboxylic acids is 2. The van der Waals surface area contributed by atoms with Gasteiger partial charge in [-0.2, -0.15) is 0 Å². The second-order valence-corrected chi connectivity index (χ2v) is 10.8. The zero-order chi connectivity index (χ0) is 24.7. The summed E-state index contributed by atoms with van der Waals surface area (Å²) in [5.74, 6) is 0.405. The normalized spacial score (nSPS) is 27.1. The van der Waals surface area contributed by atoms with Crippen LogP contribution in [0.5, 0.6) is 0 Å². The number of nitrogens with one attached hydrogen (secondary N) is 1. The second-order valence-electron chi connectivity index (χ2n) is 10.8. The molecular weight excluding hydrogens is 446 g/mol. The molecule has 2 aromatic rings. The monoisotopic (exact) mass is 483 g/mol. The quantitative estimate of drug-likeness (QED) is 0.579. The number of carbonyl (C=O) groups is 2. The number of benzene rings is 1. The SMILES string of the molecule is CC(N)COC1CCC(CN2CC(c3cccc4c3n(C)c(=O)n4C3CCC(=O)NC3=O)C2)CC1. The summed E-state index contributed by atoms with van der Waals surface area (Å²) in [5, 5.41) is 2.38. The molecule has 35 heavy (non-hydrogen) atoms. The summed E-state index contributed by atoms with van der Waals surface area (Å²) in [6, 6.07) is 5.44. The van der Waals surface area contributed by atoms with E-state index in [9.17, 15) is 14.4 Å². The van der Waals surface area contributed by atoms with Gasteiger partial charge in [0.05, 0.1) is 23.7 Å². The predicted octanol–water partition coefficient (Wildman–Crippen LogP) is 1.64. The van der Waals surface area contributed by atoms with Crippen molar-refractivity contribution in [3.8, 4) is 0 Å². The number of imide groups is 1. The molecule has 190 valence electrons. The van der Waals surface area contributed by atoms with Gasteiger partial charge in [0.15, 0.2) is 0 Å². The third-order valence-electron chi connectivity index (χ3n) is 7.96. The van der Waals surface area contributed by atoms with Crippen LogP contribution in [-0.4, -0.2) is 64.2 Å². The van der Waals surface area contributed by atoms with Crippen molar-refractivity contribution in [1.82, 2.24) is 19.4 Å². The number of fused-ring (bicyclic) bond motifs is 1. The maximum atomic E-state index is 13.2. The van der Waals surface area contributed by atoms with Crippen molar-refractivity contribution in [3.63, 3.8) is 0 Å². The number of hydrogen-bond donors (Lipinski definition) is 2. The van der Waals surface area contributed by atoms with Crippen molar-refractivity contribution in [2.24, 2.45) is 18.7 Å². The fourth-order valence-corrected chi connectivity index (χ4v) is 6.08. The van der Waals surface area contributed by atoms with Gasteiger partial charge in [-0.05, 0) is 56.6 Å². The van der Waals surface area contributed by atoms with Crippen molar-refractivity contribution >= 4 is 22.8 Å². The molecule has 0 radical (unpaired) electrons. The summed E-state index contributed by atoms with van der Waals surface area (Å²) in [6.07, 6.45) is 5.58. The standard InChI is InChI=1S/C26H37N5O4/c1-16(27)15-35-19-8-6-17(7-9-19)12-30-13-18(14-30)20-4-3-5-21-24(20)29(2)26(34)31(21)22-10-11-23(32)28-25(22)33/h3-5,16-19,22H,6-15,27H2,1-2H3,(H,28,32,33). The maximum Gasteiger partial charge on any atom is 0.329 e. The van der Waals surface area contributed by atoms with Crippen molar-refractivity contribution < 1.29 is 14.3 Å². The number of hydrogen-bond acceptors (Lipinski definition) is 6. The smallest absolute Gasteiger partial charge is 0.329 e. The summed E-state index contributed by atoms with van der Waals surface area (Å²) in [6.45, 7) is 5.70. The van der Waals surface area contributed by atoms with Crippen molar-refractivity contribution in [1.29, 1.82) is 0 Å². The van der Waals surface area contributed by atoms with Crippen LogP contribution in [0.2, 0.25) is 0 Å². The first-order valence-corrected chi connectivity index (χ1v) is 12.9. The summed E-state index contributed by atoms with van der Waals surface area (Å²) in [5.41, 5.74) is 8.44. The van der Waals surface area contributed by atoms with Gasteiger partial charge in [0.25, 0.3) is 0 Å². The highest BCUT2D eigenvalue weighted by atomic mass is 16.5. The van der Waals surface area contributed by atoms with Crippen LogP contribution in [-0.2, 0) is 21.4 Å². The number of piperidine rings is 1. The first kappa shape index (κ1) is 24.2. The molecule has 2 unspecified atom stereocenters. The van der Waals surface area contributed by atoms with E-state index in [1.807, 2.05) is 19.1 Å².